The summed E-state index contributed by atoms with van der Waals surface area (Å²) < 4.78 is 44.1. The van der Waals surface area contributed by atoms with Gasteiger partial charge in [0.2, 0.25) is 0 Å². The van der Waals surface area contributed by atoms with Crippen LogP contribution in [0.3, 0.4) is 0 Å². The van der Waals surface area contributed by atoms with E-state index in [0.717, 1.165) is 0 Å². The van der Waals surface area contributed by atoms with Gasteiger partial charge in [-0.3, -0.25) is 4.79 Å². The van der Waals surface area contributed by atoms with E-state index in [1.165, 1.54) is 14.0 Å². The van der Waals surface area contributed by atoms with Crippen LogP contribution >= 0.6 is 0 Å². The van der Waals surface area contributed by atoms with Gasteiger partial charge in [-0.25, -0.2) is 0 Å². The van der Waals surface area contributed by atoms with E-state index < -0.39 is 102 Å². The molecule has 4 saturated heterocycles. The van der Waals surface area contributed by atoms with Crippen LogP contribution in [0.25, 0.3) is 0 Å². The van der Waals surface area contributed by atoms with Crippen LogP contribution in [0.5, 0.6) is 0 Å². The van der Waals surface area contributed by atoms with Crippen molar-refractivity contribution in [2.75, 3.05) is 21.2 Å². The summed E-state index contributed by atoms with van der Waals surface area (Å²) in [4.78, 5) is 16.1. The van der Waals surface area contributed by atoms with Crippen molar-refractivity contribution in [3.8, 4) is 0 Å². The van der Waals surface area contributed by atoms with E-state index in [4.69, 9.17) is 38.6 Å². The molecule has 18 atom stereocenters. The minimum absolute atomic E-state index is 0.0856. The number of aliphatic hydroxyl groups is 4. The molecule has 0 amide bonds. The van der Waals surface area contributed by atoms with Gasteiger partial charge in [0.25, 0.3) is 0 Å². The molecule has 0 aromatic heterocycles. The van der Waals surface area contributed by atoms with Gasteiger partial charge in [-0.2, -0.15) is 0 Å². The number of carbonyl (C=O) groups excluding carboxylic acids is 1. The largest absolute Gasteiger partial charge is 0.459 e. The topological polar surface area (TPSA) is 190 Å². The maximum atomic E-state index is 14.1. The quantitative estimate of drug-likeness (QED) is 0.261. The van der Waals surface area contributed by atoms with Crippen LogP contribution in [-0.2, 0) is 38.0 Å². The van der Waals surface area contributed by atoms with Crippen LogP contribution in [0, 0.1) is 29.1 Å². The molecule has 0 aromatic carbocycles. The Kier molecular flexibility index (Phi) is 12.9. The Hall–Kier alpha value is -1.30. The normalized spacial score (nSPS) is 51.3. The van der Waals surface area contributed by atoms with Crippen molar-refractivity contribution in [2.24, 2.45) is 23.7 Å². The first-order valence-corrected chi connectivity index (χ1v) is 18.2. The summed E-state index contributed by atoms with van der Waals surface area (Å²) in [5, 5.41) is 55.8. The third-order valence-electron chi connectivity index (χ3n) is 11.9. The van der Waals surface area contributed by atoms with E-state index in [9.17, 15) is 25.2 Å². The standard InChI is InChI=1S/C36H64N2O12/c1-13-24-35(9,42)29(39)19(4)26(37)17(2)15-36(43)31(49-33-28(50-36)23(38(10)11)14-18(3)45-33)20(5)27(21(6)32(41)47-24)48-25-16-34(8,44-12)30(40)22(7)46-25/h17-25,27-31,33,37,39-40,42-43H,13-16H2,1-12H3/t17-,18-,19+,20+,21-,22+,23+,24-,25+,27?,28-,29-,30+,31-,33+,34-,35-,36+/m1/s1. The minimum Gasteiger partial charge on any atom is -0.459 e. The second-order valence-corrected chi connectivity index (χ2v) is 16.1. The highest BCUT2D eigenvalue weighted by Crippen LogP contribution is 2.45. The Bertz CT molecular complexity index is 1190. The Morgan fingerprint density at radius 3 is 2.18 bits per heavy atom. The number of esters is 1. The number of nitrogens with zero attached hydrogens (tertiary/aromatic N) is 1. The van der Waals surface area contributed by atoms with Crippen molar-refractivity contribution >= 4 is 11.7 Å². The van der Waals surface area contributed by atoms with Gasteiger partial charge in [0.05, 0.1) is 35.9 Å². The highest BCUT2D eigenvalue weighted by molar-refractivity contribution is 5.86. The van der Waals surface area contributed by atoms with Crippen LogP contribution in [0.2, 0.25) is 0 Å². The maximum Gasteiger partial charge on any atom is 0.311 e. The first kappa shape index (κ1) is 41.5. The zero-order valence-electron chi connectivity index (χ0n) is 32.0. The molecule has 1 unspecified atom stereocenters. The molecule has 4 aliphatic rings. The fourth-order valence-electron chi connectivity index (χ4n) is 8.52. The van der Waals surface area contributed by atoms with E-state index in [1.54, 1.807) is 48.5 Å². The number of hydrogen-bond acceptors (Lipinski definition) is 14. The number of methoxy groups -OCH3 is 1. The van der Waals surface area contributed by atoms with Crippen LogP contribution in [0.4, 0.5) is 0 Å². The summed E-state index contributed by atoms with van der Waals surface area (Å²) in [5.41, 5.74) is -2.84. The Labute approximate surface area is 297 Å². The molecule has 0 aromatic rings. The Balaban J connectivity index is 1.83. The fraction of sp³-hybridized carbons (Fsp3) is 0.944. The van der Waals surface area contributed by atoms with Crippen molar-refractivity contribution in [3.63, 3.8) is 0 Å². The van der Waals surface area contributed by atoms with E-state index >= 15 is 0 Å². The molecule has 0 saturated carbocycles. The number of cyclic esters (lactones) is 1. The average Bonchev–Trinajstić information content (AvgIpc) is 3.05. The summed E-state index contributed by atoms with van der Waals surface area (Å²) in [6, 6.07) is -0.162. The zero-order valence-corrected chi connectivity index (χ0v) is 32.0. The molecule has 0 aliphatic carbocycles. The lowest BCUT2D eigenvalue weighted by molar-refractivity contribution is -0.425. The molecule has 50 heavy (non-hydrogen) atoms. The third kappa shape index (κ3) is 7.96. The minimum atomic E-state index is -2.00. The molecule has 290 valence electrons. The molecule has 4 rings (SSSR count). The lowest BCUT2D eigenvalue weighted by Gasteiger charge is -2.55. The van der Waals surface area contributed by atoms with Gasteiger partial charge in [-0.1, -0.05) is 27.7 Å². The van der Waals surface area contributed by atoms with E-state index in [2.05, 4.69) is 0 Å². The van der Waals surface area contributed by atoms with Crippen molar-refractivity contribution in [3.05, 3.63) is 0 Å². The third-order valence-corrected chi connectivity index (χ3v) is 11.9. The summed E-state index contributed by atoms with van der Waals surface area (Å²) >= 11 is 0. The number of likely N-dealkylation sites (N-methyl/N-ethyl adjacent to an activating group) is 1. The van der Waals surface area contributed by atoms with Crippen molar-refractivity contribution in [2.45, 2.75) is 172 Å². The first-order chi connectivity index (χ1) is 23.1. The summed E-state index contributed by atoms with van der Waals surface area (Å²) in [7, 11) is 5.36. The molecule has 14 nitrogen and oxygen atoms in total. The lowest BCUT2D eigenvalue weighted by Crippen LogP contribution is -2.69. The average molecular weight is 717 g/mol. The number of rotatable bonds is 5. The highest BCUT2D eigenvalue weighted by Gasteiger charge is 2.59. The van der Waals surface area contributed by atoms with Gasteiger partial charge in [0, 0.05) is 43.5 Å². The predicted octanol–water partition coefficient (Wildman–Crippen LogP) is 2.21. The summed E-state index contributed by atoms with van der Waals surface area (Å²) in [5.74, 6) is -5.98. The lowest BCUT2D eigenvalue weighted by atomic mass is 9.75. The first-order valence-electron chi connectivity index (χ1n) is 18.2. The Morgan fingerprint density at radius 2 is 1.60 bits per heavy atom. The number of carbonyl (C=O) groups is 1. The molecule has 5 N–H and O–H groups in total. The molecule has 14 heteroatoms. The second kappa shape index (κ2) is 15.6. The van der Waals surface area contributed by atoms with Gasteiger partial charge in [-0.15, -0.1) is 0 Å². The van der Waals surface area contributed by atoms with Crippen molar-refractivity contribution in [1.29, 1.82) is 5.41 Å². The predicted molar refractivity (Wildman–Crippen MR) is 182 cm³/mol. The van der Waals surface area contributed by atoms with Gasteiger partial charge in [0.1, 0.15) is 30.0 Å². The van der Waals surface area contributed by atoms with Crippen LogP contribution in [0.15, 0.2) is 0 Å². The number of ether oxygens (including phenoxy) is 7. The van der Waals surface area contributed by atoms with Crippen molar-refractivity contribution < 1.29 is 58.4 Å². The van der Waals surface area contributed by atoms with E-state index in [-0.39, 0.29) is 37.1 Å². The highest BCUT2D eigenvalue weighted by atomic mass is 16.8. The molecule has 0 bridgehead atoms. The molecule has 4 fully saturated rings. The zero-order chi connectivity index (χ0) is 37.7. The van der Waals surface area contributed by atoms with Gasteiger partial charge in [0.15, 0.2) is 18.4 Å². The number of hydrogen-bond donors (Lipinski definition) is 5. The van der Waals surface area contributed by atoms with E-state index in [0.29, 0.717) is 6.42 Å². The Morgan fingerprint density at radius 1 is 0.960 bits per heavy atom. The maximum absolute atomic E-state index is 14.1. The smallest absolute Gasteiger partial charge is 0.311 e. The van der Waals surface area contributed by atoms with Crippen LogP contribution < -0.4 is 0 Å². The molecule has 0 radical (unpaired) electrons. The van der Waals surface area contributed by atoms with Gasteiger partial charge < -0.3 is 63.9 Å². The number of aliphatic hydroxyl groups excluding tert-OH is 2. The summed E-state index contributed by atoms with van der Waals surface area (Å²) in [6.07, 6.45) is -8.12. The molecule has 0 spiro atoms. The van der Waals surface area contributed by atoms with Gasteiger partial charge in [-0.05, 0) is 67.5 Å². The van der Waals surface area contributed by atoms with Gasteiger partial charge >= 0.3 is 5.97 Å². The molecular weight excluding hydrogens is 652 g/mol. The van der Waals surface area contributed by atoms with Crippen molar-refractivity contribution in [1.82, 2.24) is 4.90 Å². The fourth-order valence-corrected chi connectivity index (χ4v) is 8.52. The monoisotopic (exact) mass is 716 g/mol. The number of nitrogens with one attached hydrogen (secondary N) is 1. The molecular formula is C36H64N2O12. The molecule has 4 heterocycles. The van der Waals surface area contributed by atoms with Crippen LogP contribution in [-0.4, -0.2) is 143 Å². The molecule has 4 aliphatic heterocycles. The SMILES string of the molecule is CC[C@H]1OC(=O)[C@H](C)C(O[C@H]2C[C@@](C)(OC)[C@@H](O)[C@H](C)O2)[C@H](C)[C@H]2O[C@@H]3O[C@H](C)C[C@H](N(C)C)[C@H]3O[C@@]2(O)C[C@@H](C)C(=N)[C@H](C)[C@@H](O)[C@]1(C)O. The van der Waals surface area contributed by atoms with E-state index in [1.807, 2.05) is 25.9 Å². The van der Waals surface area contributed by atoms with Crippen LogP contribution in [0.1, 0.15) is 88.0 Å². The number of fused-ring (bicyclic) bond motifs is 2. The second-order valence-electron chi connectivity index (χ2n) is 16.1. The summed E-state index contributed by atoms with van der Waals surface area (Å²) in [6.45, 7) is 15.4.